The first-order chi connectivity index (χ1) is 7.70. The maximum absolute atomic E-state index is 4.40. The van der Waals surface area contributed by atoms with E-state index in [1.807, 2.05) is 12.1 Å². The van der Waals surface area contributed by atoms with Gasteiger partial charge in [0.2, 0.25) is 0 Å². The minimum absolute atomic E-state index is 0.441. The lowest BCUT2D eigenvalue weighted by atomic mass is 10.2. The van der Waals surface area contributed by atoms with Gasteiger partial charge in [0, 0.05) is 22.9 Å². The van der Waals surface area contributed by atoms with Gasteiger partial charge in [-0.05, 0) is 41.4 Å². The normalized spacial score (nSPS) is 12.7. The van der Waals surface area contributed by atoms with Crippen LogP contribution in [0.4, 0.5) is 5.69 Å². The third-order valence-electron chi connectivity index (χ3n) is 2.56. The summed E-state index contributed by atoms with van der Waals surface area (Å²) in [6, 6.07) is 4.38. The van der Waals surface area contributed by atoms with Crippen molar-refractivity contribution in [1.29, 1.82) is 0 Å². The number of rotatable bonds is 3. The minimum atomic E-state index is 0.441. The molecule has 0 aliphatic heterocycles. The van der Waals surface area contributed by atoms with Crippen LogP contribution in [-0.2, 0) is 0 Å². The van der Waals surface area contributed by atoms with Crippen molar-refractivity contribution >= 4 is 32.7 Å². The van der Waals surface area contributed by atoms with Crippen molar-refractivity contribution in [3.05, 3.63) is 29.0 Å². The van der Waals surface area contributed by atoms with E-state index >= 15 is 0 Å². The number of anilines is 1. The average Bonchev–Trinajstić information content (AvgIpc) is 2.28. The quantitative estimate of drug-likeness (QED) is 0.933. The molecule has 2 heterocycles. The van der Waals surface area contributed by atoms with Crippen molar-refractivity contribution in [1.82, 2.24) is 9.97 Å². The van der Waals surface area contributed by atoms with Gasteiger partial charge in [-0.2, -0.15) is 0 Å². The van der Waals surface area contributed by atoms with Crippen LogP contribution in [0.2, 0.25) is 0 Å². The molecule has 2 rings (SSSR count). The predicted octanol–water partition coefficient (Wildman–Crippen LogP) is 3.60. The second-order valence-corrected chi connectivity index (χ2v) is 4.75. The highest BCUT2D eigenvalue weighted by atomic mass is 79.9. The average molecular weight is 280 g/mol. The van der Waals surface area contributed by atoms with Gasteiger partial charge in [-0.25, -0.2) is 0 Å². The molecule has 0 radical (unpaired) electrons. The fourth-order valence-corrected chi connectivity index (χ4v) is 1.81. The molecule has 4 heteroatoms. The molecule has 0 fully saturated rings. The summed E-state index contributed by atoms with van der Waals surface area (Å²) in [7, 11) is 0. The standard InChI is InChI=1S/C12H14BrN3/c1-3-8(2)16-10-4-5-14-11-6-9(13)7-15-12(10)11/h4-8H,3H2,1-2H3,(H,14,16). The predicted molar refractivity (Wildman–Crippen MR) is 70.6 cm³/mol. The second-order valence-electron chi connectivity index (χ2n) is 3.83. The smallest absolute Gasteiger partial charge is 0.112 e. The van der Waals surface area contributed by atoms with Crippen molar-refractivity contribution in [2.24, 2.45) is 0 Å². The molecule has 84 valence electrons. The topological polar surface area (TPSA) is 37.8 Å². The first kappa shape index (κ1) is 11.3. The van der Waals surface area contributed by atoms with Crippen LogP contribution in [0.25, 0.3) is 11.0 Å². The van der Waals surface area contributed by atoms with E-state index in [4.69, 9.17) is 0 Å². The van der Waals surface area contributed by atoms with E-state index < -0.39 is 0 Å². The summed E-state index contributed by atoms with van der Waals surface area (Å²) in [5.41, 5.74) is 2.88. The van der Waals surface area contributed by atoms with E-state index in [9.17, 15) is 0 Å². The first-order valence-corrected chi connectivity index (χ1v) is 6.17. The molecule has 0 amide bonds. The summed E-state index contributed by atoms with van der Waals surface area (Å²) in [5, 5.41) is 3.44. The first-order valence-electron chi connectivity index (χ1n) is 5.37. The molecule has 2 aromatic rings. The zero-order valence-corrected chi connectivity index (χ0v) is 11.0. The van der Waals surface area contributed by atoms with E-state index in [1.165, 1.54) is 0 Å². The molecular formula is C12H14BrN3. The summed E-state index contributed by atoms with van der Waals surface area (Å²) in [6.07, 6.45) is 4.69. The van der Waals surface area contributed by atoms with E-state index in [0.717, 1.165) is 27.6 Å². The number of fused-ring (bicyclic) bond motifs is 1. The van der Waals surface area contributed by atoms with Gasteiger partial charge in [-0.1, -0.05) is 6.92 Å². The van der Waals surface area contributed by atoms with Gasteiger partial charge in [0.25, 0.3) is 0 Å². The Morgan fingerprint density at radius 2 is 2.25 bits per heavy atom. The van der Waals surface area contributed by atoms with Crippen molar-refractivity contribution < 1.29 is 0 Å². The summed E-state index contributed by atoms with van der Waals surface area (Å²) in [6.45, 7) is 4.32. The molecule has 1 unspecified atom stereocenters. The number of pyridine rings is 2. The van der Waals surface area contributed by atoms with Crippen LogP contribution in [0.5, 0.6) is 0 Å². The highest BCUT2D eigenvalue weighted by Gasteiger charge is 2.05. The van der Waals surface area contributed by atoms with Crippen LogP contribution in [0.1, 0.15) is 20.3 Å². The van der Waals surface area contributed by atoms with Crippen molar-refractivity contribution in [2.45, 2.75) is 26.3 Å². The molecule has 0 spiro atoms. The van der Waals surface area contributed by atoms with Gasteiger partial charge in [-0.15, -0.1) is 0 Å². The number of hydrogen-bond donors (Lipinski definition) is 1. The Balaban J connectivity index is 2.45. The number of aromatic nitrogens is 2. The number of hydrogen-bond acceptors (Lipinski definition) is 3. The molecule has 0 aromatic carbocycles. The maximum Gasteiger partial charge on any atom is 0.112 e. The van der Waals surface area contributed by atoms with Crippen LogP contribution in [0.3, 0.4) is 0 Å². The molecule has 0 aliphatic rings. The highest BCUT2D eigenvalue weighted by molar-refractivity contribution is 9.10. The lowest BCUT2D eigenvalue weighted by molar-refractivity contribution is 0.765. The molecule has 2 aromatic heterocycles. The third-order valence-corrected chi connectivity index (χ3v) is 2.99. The SMILES string of the molecule is CCC(C)Nc1ccnc2cc(Br)cnc12. The van der Waals surface area contributed by atoms with Gasteiger partial charge in [0.15, 0.2) is 0 Å². The summed E-state index contributed by atoms with van der Waals surface area (Å²) < 4.78 is 0.952. The Morgan fingerprint density at radius 1 is 1.44 bits per heavy atom. The van der Waals surface area contributed by atoms with Crippen LogP contribution in [0, 0.1) is 0 Å². The molecule has 3 nitrogen and oxygen atoms in total. The van der Waals surface area contributed by atoms with Gasteiger partial charge in [0.05, 0.1) is 11.2 Å². The second kappa shape index (κ2) is 4.78. The zero-order chi connectivity index (χ0) is 11.5. The summed E-state index contributed by atoms with van der Waals surface area (Å²) in [4.78, 5) is 8.70. The summed E-state index contributed by atoms with van der Waals surface area (Å²) >= 11 is 3.40. The molecule has 1 N–H and O–H groups in total. The Bertz CT molecular complexity index is 499. The monoisotopic (exact) mass is 279 g/mol. The molecule has 0 saturated heterocycles. The Labute approximate surface area is 103 Å². The van der Waals surface area contributed by atoms with E-state index in [-0.39, 0.29) is 0 Å². The van der Waals surface area contributed by atoms with Crippen LogP contribution in [-0.4, -0.2) is 16.0 Å². The number of nitrogens with one attached hydrogen (secondary N) is 1. The molecule has 0 saturated carbocycles. The Hall–Kier alpha value is -1.16. The lowest BCUT2D eigenvalue weighted by Crippen LogP contribution is -2.13. The van der Waals surface area contributed by atoms with E-state index in [1.54, 1.807) is 12.4 Å². The molecule has 16 heavy (non-hydrogen) atoms. The molecular weight excluding hydrogens is 266 g/mol. The fourth-order valence-electron chi connectivity index (χ4n) is 1.49. The molecule has 1 atom stereocenters. The van der Waals surface area contributed by atoms with E-state index in [2.05, 4.69) is 45.1 Å². The largest absolute Gasteiger partial charge is 0.381 e. The molecule has 0 bridgehead atoms. The zero-order valence-electron chi connectivity index (χ0n) is 9.37. The van der Waals surface area contributed by atoms with Gasteiger partial charge < -0.3 is 5.32 Å². The maximum atomic E-state index is 4.40. The number of nitrogens with zero attached hydrogens (tertiary/aromatic N) is 2. The van der Waals surface area contributed by atoms with Gasteiger partial charge >= 0.3 is 0 Å². The molecule has 0 aliphatic carbocycles. The third kappa shape index (κ3) is 2.32. The highest BCUT2D eigenvalue weighted by Crippen LogP contribution is 2.22. The lowest BCUT2D eigenvalue weighted by Gasteiger charge is -2.14. The fraction of sp³-hybridized carbons (Fsp3) is 0.333. The van der Waals surface area contributed by atoms with Gasteiger partial charge in [-0.3, -0.25) is 9.97 Å². The Morgan fingerprint density at radius 3 is 3.00 bits per heavy atom. The van der Waals surface area contributed by atoms with Crippen LogP contribution < -0.4 is 5.32 Å². The van der Waals surface area contributed by atoms with Gasteiger partial charge in [0.1, 0.15) is 5.52 Å². The van der Waals surface area contributed by atoms with Crippen molar-refractivity contribution in [3.63, 3.8) is 0 Å². The van der Waals surface area contributed by atoms with E-state index in [0.29, 0.717) is 6.04 Å². The van der Waals surface area contributed by atoms with Crippen molar-refractivity contribution in [3.8, 4) is 0 Å². The summed E-state index contributed by atoms with van der Waals surface area (Å²) in [5.74, 6) is 0. The minimum Gasteiger partial charge on any atom is -0.381 e. The van der Waals surface area contributed by atoms with Crippen LogP contribution in [0.15, 0.2) is 29.0 Å². The van der Waals surface area contributed by atoms with Crippen LogP contribution >= 0.6 is 15.9 Å². The Kier molecular flexibility index (Phi) is 3.39. The number of halogens is 1. The van der Waals surface area contributed by atoms with Crippen molar-refractivity contribution in [2.75, 3.05) is 5.32 Å².